The lowest BCUT2D eigenvalue weighted by Crippen LogP contribution is -2.24. The maximum absolute atomic E-state index is 13.1. The normalized spacial score (nSPS) is 11.9. The number of fused-ring (bicyclic) bond motifs is 2. The zero-order valence-electron chi connectivity index (χ0n) is 14.6. The summed E-state index contributed by atoms with van der Waals surface area (Å²) < 4.78 is 15.7. The second-order valence-electron chi connectivity index (χ2n) is 5.60. The van der Waals surface area contributed by atoms with Crippen LogP contribution in [-0.4, -0.2) is 37.4 Å². The number of rotatable bonds is 6. The van der Waals surface area contributed by atoms with Crippen LogP contribution >= 0.6 is 0 Å². The molecule has 0 aromatic heterocycles. The summed E-state index contributed by atoms with van der Waals surface area (Å²) in [6.07, 6.45) is 5.22. The van der Waals surface area contributed by atoms with Crippen LogP contribution in [0.5, 0.6) is 11.5 Å². The highest BCUT2D eigenvalue weighted by molar-refractivity contribution is 6.30. The minimum atomic E-state index is -0.567. The SMILES string of the molecule is C#CCOc1cccc2c1C(=O)c1c(OCC(=O)OCC)cccc1C2=O. The van der Waals surface area contributed by atoms with Crippen molar-refractivity contribution < 1.29 is 28.6 Å². The van der Waals surface area contributed by atoms with Crippen LogP contribution in [0.15, 0.2) is 36.4 Å². The summed E-state index contributed by atoms with van der Waals surface area (Å²) in [5.41, 5.74) is 0.681. The van der Waals surface area contributed by atoms with E-state index >= 15 is 0 Å². The topological polar surface area (TPSA) is 78.9 Å². The van der Waals surface area contributed by atoms with Gasteiger partial charge in [0.1, 0.15) is 18.1 Å². The van der Waals surface area contributed by atoms with Gasteiger partial charge in [-0.25, -0.2) is 4.79 Å². The average molecular weight is 364 g/mol. The van der Waals surface area contributed by atoms with Crippen molar-refractivity contribution in [3.05, 3.63) is 58.7 Å². The van der Waals surface area contributed by atoms with Crippen LogP contribution in [0.1, 0.15) is 38.8 Å². The number of carbonyl (C=O) groups is 3. The third kappa shape index (κ3) is 3.40. The molecule has 6 nitrogen and oxygen atoms in total. The Morgan fingerprint density at radius 3 is 2.11 bits per heavy atom. The number of hydrogen-bond donors (Lipinski definition) is 0. The third-order valence-electron chi connectivity index (χ3n) is 3.96. The smallest absolute Gasteiger partial charge is 0.344 e. The van der Waals surface area contributed by atoms with Gasteiger partial charge in [0, 0.05) is 11.1 Å². The van der Waals surface area contributed by atoms with Crippen molar-refractivity contribution in [2.75, 3.05) is 19.8 Å². The fourth-order valence-electron chi connectivity index (χ4n) is 2.88. The highest BCUT2D eigenvalue weighted by Gasteiger charge is 2.34. The van der Waals surface area contributed by atoms with Crippen molar-refractivity contribution in [2.45, 2.75) is 6.92 Å². The lowest BCUT2D eigenvalue weighted by Gasteiger charge is -2.21. The first kappa shape index (κ1) is 18.2. The number of ketones is 2. The molecule has 2 aromatic rings. The summed E-state index contributed by atoms with van der Waals surface area (Å²) >= 11 is 0. The van der Waals surface area contributed by atoms with E-state index in [1.54, 1.807) is 37.3 Å². The Morgan fingerprint density at radius 1 is 0.963 bits per heavy atom. The summed E-state index contributed by atoms with van der Waals surface area (Å²) in [7, 11) is 0. The van der Waals surface area contributed by atoms with Crippen LogP contribution in [0.2, 0.25) is 0 Å². The van der Waals surface area contributed by atoms with E-state index in [0.29, 0.717) is 0 Å². The van der Waals surface area contributed by atoms with E-state index < -0.39 is 11.8 Å². The Morgan fingerprint density at radius 2 is 1.56 bits per heavy atom. The molecule has 0 radical (unpaired) electrons. The molecule has 0 N–H and O–H groups in total. The fraction of sp³-hybridized carbons (Fsp3) is 0.190. The van der Waals surface area contributed by atoms with Gasteiger partial charge in [0.05, 0.1) is 17.7 Å². The van der Waals surface area contributed by atoms with Crippen LogP contribution in [-0.2, 0) is 9.53 Å². The average Bonchev–Trinajstić information content (AvgIpc) is 2.68. The van der Waals surface area contributed by atoms with Crippen LogP contribution in [0.4, 0.5) is 0 Å². The van der Waals surface area contributed by atoms with Gasteiger partial charge in [-0.3, -0.25) is 9.59 Å². The third-order valence-corrected chi connectivity index (χ3v) is 3.96. The van der Waals surface area contributed by atoms with Gasteiger partial charge >= 0.3 is 5.97 Å². The maximum atomic E-state index is 13.1. The molecule has 0 saturated heterocycles. The zero-order valence-corrected chi connectivity index (χ0v) is 14.6. The number of terminal acetylenes is 1. The maximum Gasteiger partial charge on any atom is 0.344 e. The molecule has 0 unspecified atom stereocenters. The molecule has 0 aliphatic heterocycles. The molecule has 0 bridgehead atoms. The lowest BCUT2D eigenvalue weighted by atomic mass is 9.83. The van der Waals surface area contributed by atoms with Gasteiger partial charge in [-0.05, 0) is 19.1 Å². The molecule has 0 atom stereocenters. The molecule has 27 heavy (non-hydrogen) atoms. The molecule has 1 aliphatic rings. The fourth-order valence-corrected chi connectivity index (χ4v) is 2.88. The van der Waals surface area contributed by atoms with Crippen LogP contribution in [0.3, 0.4) is 0 Å². The van der Waals surface area contributed by atoms with E-state index in [0.717, 1.165) is 0 Å². The lowest BCUT2D eigenvalue weighted by molar-refractivity contribution is -0.145. The van der Waals surface area contributed by atoms with E-state index in [2.05, 4.69) is 5.92 Å². The quantitative estimate of drug-likeness (QED) is 0.494. The highest BCUT2D eigenvalue weighted by atomic mass is 16.6. The number of carbonyl (C=O) groups excluding carboxylic acids is 3. The number of esters is 1. The van der Waals surface area contributed by atoms with Gasteiger partial charge in [0.2, 0.25) is 5.78 Å². The molecule has 0 fully saturated rings. The Balaban J connectivity index is 2.03. The van der Waals surface area contributed by atoms with E-state index in [1.165, 1.54) is 6.07 Å². The Kier molecular flexibility index (Phi) is 5.23. The van der Waals surface area contributed by atoms with E-state index in [9.17, 15) is 14.4 Å². The molecular weight excluding hydrogens is 348 g/mol. The van der Waals surface area contributed by atoms with Crippen molar-refractivity contribution in [2.24, 2.45) is 0 Å². The predicted molar refractivity (Wildman–Crippen MR) is 96.2 cm³/mol. The minimum Gasteiger partial charge on any atom is -0.481 e. The zero-order chi connectivity index (χ0) is 19.4. The summed E-state index contributed by atoms with van der Waals surface area (Å²) in [5, 5.41) is 0. The Labute approximate surface area is 156 Å². The number of ether oxygens (including phenoxy) is 3. The van der Waals surface area contributed by atoms with E-state index in [4.69, 9.17) is 20.6 Å². The van der Waals surface area contributed by atoms with E-state index in [1.807, 2.05) is 0 Å². The van der Waals surface area contributed by atoms with Gasteiger partial charge < -0.3 is 14.2 Å². The number of hydrogen-bond acceptors (Lipinski definition) is 6. The standard InChI is InChI=1S/C21H16O6/c1-3-11-26-15-9-5-7-13-18(15)21(24)19-14(20(13)23)8-6-10-16(19)27-12-17(22)25-4-2/h1,5-10H,4,11-12H2,2H3. The highest BCUT2D eigenvalue weighted by Crippen LogP contribution is 2.37. The number of benzene rings is 2. The molecule has 0 heterocycles. The molecule has 6 heteroatoms. The molecular formula is C21H16O6. The minimum absolute atomic E-state index is 0.0359. The predicted octanol–water partition coefficient (Wildman–Crippen LogP) is 2.42. The second-order valence-corrected chi connectivity index (χ2v) is 5.60. The molecule has 0 saturated carbocycles. The van der Waals surface area contributed by atoms with E-state index in [-0.39, 0.29) is 59.4 Å². The molecule has 3 rings (SSSR count). The van der Waals surface area contributed by atoms with Gasteiger partial charge in [0.15, 0.2) is 12.4 Å². The summed E-state index contributed by atoms with van der Waals surface area (Å²) in [6, 6.07) is 9.43. The van der Waals surface area contributed by atoms with Crippen molar-refractivity contribution in [3.63, 3.8) is 0 Å². The van der Waals surface area contributed by atoms with Crippen molar-refractivity contribution in [3.8, 4) is 23.8 Å². The Hall–Kier alpha value is -3.59. The molecule has 0 amide bonds. The van der Waals surface area contributed by atoms with Crippen molar-refractivity contribution >= 4 is 17.5 Å². The van der Waals surface area contributed by atoms with Crippen molar-refractivity contribution in [1.82, 2.24) is 0 Å². The first-order valence-corrected chi connectivity index (χ1v) is 8.28. The van der Waals surface area contributed by atoms with Gasteiger partial charge in [-0.1, -0.05) is 30.2 Å². The molecule has 1 aliphatic carbocycles. The van der Waals surface area contributed by atoms with Crippen LogP contribution in [0, 0.1) is 12.3 Å². The first-order valence-electron chi connectivity index (χ1n) is 8.28. The summed E-state index contributed by atoms with van der Waals surface area (Å²) in [4.78, 5) is 37.6. The van der Waals surface area contributed by atoms with Gasteiger partial charge in [-0.15, -0.1) is 6.42 Å². The monoisotopic (exact) mass is 364 g/mol. The Bertz CT molecular complexity index is 967. The first-order chi connectivity index (χ1) is 13.1. The molecule has 136 valence electrons. The van der Waals surface area contributed by atoms with Crippen LogP contribution < -0.4 is 9.47 Å². The summed E-state index contributed by atoms with van der Waals surface area (Å²) in [6.45, 7) is 1.49. The van der Waals surface area contributed by atoms with Gasteiger partial charge in [0.25, 0.3) is 0 Å². The molecule has 0 spiro atoms. The van der Waals surface area contributed by atoms with Gasteiger partial charge in [-0.2, -0.15) is 0 Å². The molecule has 2 aromatic carbocycles. The van der Waals surface area contributed by atoms with Crippen LogP contribution in [0.25, 0.3) is 0 Å². The second kappa shape index (κ2) is 7.75. The largest absolute Gasteiger partial charge is 0.481 e. The summed E-state index contributed by atoms with van der Waals surface area (Å²) in [5.74, 6) is 1.38. The van der Waals surface area contributed by atoms with Crippen molar-refractivity contribution in [1.29, 1.82) is 0 Å².